The number of rotatable bonds is 7. The third-order valence-electron chi connectivity index (χ3n) is 5.13. The first-order chi connectivity index (χ1) is 14.5. The SMILES string of the molecule is COc1ccc(OC)c(NC(=O)CCCN2c3cccc4cccc(c34)S2(=O)=O)c1. The fourth-order valence-corrected chi connectivity index (χ4v) is 5.46. The Morgan fingerprint density at radius 3 is 2.53 bits per heavy atom. The molecular formula is C22H22N2O5S. The molecular weight excluding hydrogens is 404 g/mol. The molecule has 30 heavy (non-hydrogen) atoms. The summed E-state index contributed by atoms with van der Waals surface area (Å²) >= 11 is 0. The number of hydrogen-bond acceptors (Lipinski definition) is 5. The summed E-state index contributed by atoms with van der Waals surface area (Å²) in [6.07, 6.45) is 0.542. The summed E-state index contributed by atoms with van der Waals surface area (Å²) in [5, 5.41) is 4.44. The van der Waals surface area contributed by atoms with E-state index in [-0.39, 0.29) is 18.9 Å². The molecule has 0 bridgehead atoms. The number of carbonyl (C=O) groups excluding carboxylic acids is 1. The van der Waals surface area contributed by atoms with Crippen molar-refractivity contribution in [2.45, 2.75) is 17.7 Å². The summed E-state index contributed by atoms with van der Waals surface area (Å²) < 4.78 is 37.8. The first-order valence-corrected chi connectivity index (χ1v) is 11.0. The highest BCUT2D eigenvalue weighted by molar-refractivity contribution is 7.93. The summed E-state index contributed by atoms with van der Waals surface area (Å²) in [6.45, 7) is 0.221. The largest absolute Gasteiger partial charge is 0.497 e. The van der Waals surface area contributed by atoms with Gasteiger partial charge in [-0.25, -0.2) is 8.42 Å². The number of benzene rings is 3. The molecule has 1 amide bonds. The first-order valence-electron chi connectivity index (χ1n) is 9.52. The molecule has 0 saturated heterocycles. The molecule has 8 heteroatoms. The number of nitrogens with one attached hydrogen (secondary N) is 1. The van der Waals surface area contributed by atoms with E-state index in [1.165, 1.54) is 11.4 Å². The van der Waals surface area contributed by atoms with Crippen LogP contribution in [0.3, 0.4) is 0 Å². The van der Waals surface area contributed by atoms with Crippen molar-refractivity contribution in [2.75, 3.05) is 30.4 Å². The minimum Gasteiger partial charge on any atom is -0.497 e. The van der Waals surface area contributed by atoms with Gasteiger partial charge in [-0.1, -0.05) is 24.3 Å². The van der Waals surface area contributed by atoms with E-state index >= 15 is 0 Å². The van der Waals surface area contributed by atoms with E-state index in [4.69, 9.17) is 9.47 Å². The maximum Gasteiger partial charge on any atom is 0.265 e. The van der Waals surface area contributed by atoms with Crippen molar-refractivity contribution in [2.24, 2.45) is 0 Å². The van der Waals surface area contributed by atoms with E-state index in [9.17, 15) is 13.2 Å². The van der Waals surface area contributed by atoms with Gasteiger partial charge in [0.1, 0.15) is 11.5 Å². The van der Waals surface area contributed by atoms with E-state index in [1.54, 1.807) is 43.5 Å². The van der Waals surface area contributed by atoms with Gasteiger partial charge in [-0.05, 0) is 36.1 Å². The second-order valence-corrected chi connectivity index (χ2v) is 8.76. The molecule has 0 aromatic heterocycles. The lowest BCUT2D eigenvalue weighted by atomic mass is 10.1. The van der Waals surface area contributed by atoms with Crippen molar-refractivity contribution in [3.05, 3.63) is 54.6 Å². The van der Waals surface area contributed by atoms with Gasteiger partial charge in [0.2, 0.25) is 5.91 Å². The molecule has 0 spiro atoms. The number of ether oxygens (including phenoxy) is 2. The molecule has 0 radical (unpaired) electrons. The van der Waals surface area contributed by atoms with Crippen LogP contribution in [0.15, 0.2) is 59.5 Å². The Labute approximate surface area is 175 Å². The third-order valence-corrected chi connectivity index (χ3v) is 6.98. The molecule has 4 rings (SSSR count). The quantitative estimate of drug-likeness (QED) is 0.621. The third kappa shape index (κ3) is 3.43. The summed E-state index contributed by atoms with van der Waals surface area (Å²) in [7, 11) is -0.544. The van der Waals surface area contributed by atoms with E-state index in [0.29, 0.717) is 34.2 Å². The topological polar surface area (TPSA) is 84.9 Å². The Balaban J connectivity index is 1.45. The molecule has 3 aromatic rings. The zero-order valence-electron chi connectivity index (χ0n) is 16.7. The summed E-state index contributed by atoms with van der Waals surface area (Å²) in [6, 6.07) is 16.0. The highest BCUT2D eigenvalue weighted by atomic mass is 32.2. The average molecular weight is 426 g/mol. The number of methoxy groups -OCH3 is 2. The van der Waals surface area contributed by atoms with E-state index < -0.39 is 10.0 Å². The fourth-order valence-electron chi connectivity index (χ4n) is 3.71. The van der Waals surface area contributed by atoms with Crippen LogP contribution in [0.25, 0.3) is 10.8 Å². The predicted octanol–water partition coefficient (Wildman–Crippen LogP) is 3.78. The smallest absolute Gasteiger partial charge is 0.265 e. The second-order valence-electron chi connectivity index (χ2n) is 6.93. The average Bonchev–Trinajstić information content (AvgIpc) is 2.97. The molecule has 3 aromatic carbocycles. The molecule has 1 aliphatic heterocycles. The maximum absolute atomic E-state index is 13.0. The Morgan fingerprint density at radius 1 is 1.03 bits per heavy atom. The molecule has 1 heterocycles. The normalized spacial score (nSPS) is 14.0. The molecule has 156 valence electrons. The molecule has 7 nitrogen and oxygen atoms in total. The summed E-state index contributed by atoms with van der Waals surface area (Å²) in [5.74, 6) is 0.891. The predicted molar refractivity (Wildman–Crippen MR) is 116 cm³/mol. The van der Waals surface area contributed by atoms with Crippen LogP contribution in [0.2, 0.25) is 0 Å². The van der Waals surface area contributed by atoms with Crippen LogP contribution in [-0.2, 0) is 14.8 Å². The van der Waals surface area contributed by atoms with Crippen LogP contribution in [-0.4, -0.2) is 35.1 Å². The molecule has 0 atom stereocenters. The monoisotopic (exact) mass is 426 g/mol. The van der Waals surface area contributed by atoms with E-state index in [1.807, 2.05) is 18.2 Å². The van der Waals surface area contributed by atoms with Gasteiger partial charge >= 0.3 is 0 Å². The minimum absolute atomic E-state index is 0.165. The van der Waals surface area contributed by atoms with Gasteiger partial charge in [0.05, 0.1) is 30.5 Å². The maximum atomic E-state index is 13.0. The Morgan fingerprint density at radius 2 is 1.80 bits per heavy atom. The van der Waals surface area contributed by atoms with E-state index in [2.05, 4.69) is 5.32 Å². The van der Waals surface area contributed by atoms with Crippen molar-refractivity contribution in [1.29, 1.82) is 0 Å². The van der Waals surface area contributed by atoms with E-state index in [0.717, 1.165) is 10.8 Å². The molecule has 1 N–H and O–H groups in total. The Hall–Kier alpha value is -3.26. The molecule has 0 unspecified atom stereocenters. The standard InChI is InChI=1S/C22H22N2O5S/c1-28-16-11-12-19(29-2)17(14-16)23-21(25)10-5-13-24-18-8-3-6-15-7-4-9-20(22(15)18)30(24,26)27/h3-4,6-9,11-12,14H,5,10,13H2,1-2H3,(H,23,25). The van der Waals surface area contributed by atoms with Crippen molar-refractivity contribution in [3.63, 3.8) is 0 Å². The number of nitrogens with zero attached hydrogens (tertiary/aromatic N) is 1. The second kappa shape index (κ2) is 7.87. The number of hydrogen-bond donors (Lipinski definition) is 1. The molecule has 1 aliphatic rings. The lowest BCUT2D eigenvalue weighted by Gasteiger charge is -2.18. The van der Waals surface area contributed by atoms with Crippen LogP contribution in [0.1, 0.15) is 12.8 Å². The van der Waals surface area contributed by atoms with Gasteiger partial charge in [0.25, 0.3) is 10.0 Å². The van der Waals surface area contributed by atoms with Gasteiger partial charge < -0.3 is 14.8 Å². The highest BCUT2D eigenvalue weighted by Crippen LogP contribution is 2.42. The zero-order valence-corrected chi connectivity index (χ0v) is 17.5. The van der Waals surface area contributed by atoms with Gasteiger partial charge in [-0.15, -0.1) is 0 Å². The van der Waals surface area contributed by atoms with Gasteiger partial charge in [-0.3, -0.25) is 9.10 Å². The lowest BCUT2D eigenvalue weighted by molar-refractivity contribution is -0.116. The first kappa shape index (κ1) is 20.0. The van der Waals surface area contributed by atoms with Crippen molar-refractivity contribution in [1.82, 2.24) is 0 Å². The van der Waals surface area contributed by atoms with Gasteiger partial charge in [0, 0.05) is 24.4 Å². The number of anilines is 2. The van der Waals surface area contributed by atoms with Crippen LogP contribution in [0.5, 0.6) is 11.5 Å². The van der Waals surface area contributed by atoms with Crippen LogP contribution < -0.4 is 19.1 Å². The lowest BCUT2D eigenvalue weighted by Crippen LogP contribution is -2.29. The number of amides is 1. The summed E-state index contributed by atoms with van der Waals surface area (Å²) in [5.41, 5.74) is 1.17. The Kier molecular flexibility index (Phi) is 5.26. The van der Waals surface area contributed by atoms with Gasteiger partial charge in [0.15, 0.2) is 0 Å². The molecule has 0 saturated carbocycles. The number of sulfonamides is 1. The fraction of sp³-hybridized carbons (Fsp3) is 0.227. The van der Waals surface area contributed by atoms with Gasteiger partial charge in [-0.2, -0.15) is 0 Å². The molecule has 0 aliphatic carbocycles. The van der Waals surface area contributed by atoms with Crippen molar-refractivity contribution in [3.8, 4) is 11.5 Å². The van der Waals surface area contributed by atoms with Crippen molar-refractivity contribution < 1.29 is 22.7 Å². The van der Waals surface area contributed by atoms with Crippen LogP contribution >= 0.6 is 0 Å². The van der Waals surface area contributed by atoms with Crippen LogP contribution in [0.4, 0.5) is 11.4 Å². The minimum atomic E-state index is -3.61. The number of carbonyl (C=O) groups is 1. The molecule has 0 fully saturated rings. The van der Waals surface area contributed by atoms with Crippen LogP contribution in [0, 0.1) is 0 Å². The summed E-state index contributed by atoms with van der Waals surface area (Å²) in [4.78, 5) is 12.8. The highest BCUT2D eigenvalue weighted by Gasteiger charge is 2.35. The zero-order chi connectivity index (χ0) is 21.3. The Bertz CT molecular complexity index is 1220. The van der Waals surface area contributed by atoms with Crippen molar-refractivity contribution >= 4 is 38.1 Å².